The lowest BCUT2D eigenvalue weighted by Crippen LogP contribution is -1.68. The molecule has 12 heavy (non-hydrogen) atoms. The van der Waals surface area contributed by atoms with Crippen LogP contribution in [-0.2, 0) is 0 Å². The third-order valence-electron chi connectivity index (χ3n) is 1.12. The van der Waals surface area contributed by atoms with Crippen molar-refractivity contribution < 1.29 is 5.11 Å². The van der Waals surface area contributed by atoms with Crippen LogP contribution in [0, 0.1) is 6.92 Å². The summed E-state index contributed by atoms with van der Waals surface area (Å²) >= 11 is 0. The molecule has 0 amide bonds. The average molecular weight is 164 g/mol. The van der Waals surface area contributed by atoms with Crippen molar-refractivity contribution in [1.82, 2.24) is 0 Å². The fraction of sp³-hybridized carbons (Fsp3) is 0.0909. The number of rotatable bonds is 0. The molecular weight excluding hydrogens is 148 g/mol. The van der Waals surface area contributed by atoms with E-state index < -0.39 is 0 Å². The number of para-hydroxylation sites is 1. The second-order valence-corrected chi connectivity index (χ2v) is 1.79. The average Bonchev–Trinajstić information content (AvgIpc) is 2.17. The topological polar surface area (TPSA) is 20.2 Å². The molecule has 66 valence electrons. The molecule has 0 fully saturated rings. The maximum atomic E-state index is 8.92. The fourth-order valence-corrected chi connectivity index (χ4v) is 0.563. The highest BCUT2D eigenvalue weighted by atomic mass is 16.3. The van der Waals surface area contributed by atoms with Crippen molar-refractivity contribution in [3.8, 4) is 5.75 Å². The highest BCUT2D eigenvalue weighted by molar-refractivity contribution is 5.29. The van der Waals surface area contributed by atoms with E-state index in [1.165, 1.54) is 0 Å². The zero-order valence-electron chi connectivity index (χ0n) is 7.59. The Bertz CT molecular complexity index is 183. The Hall–Kier alpha value is -1.50. The van der Waals surface area contributed by atoms with E-state index in [9.17, 15) is 0 Å². The SMILES string of the molecule is C=C.C=C.Cc1ccccc1O. The summed E-state index contributed by atoms with van der Waals surface area (Å²) in [6, 6.07) is 7.25. The quantitative estimate of drug-likeness (QED) is 0.583. The van der Waals surface area contributed by atoms with Crippen LogP contribution in [0.2, 0.25) is 0 Å². The van der Waals surface area contributed by atoms with Crippen molar-refractivity contribution in [3.05, 3.63) is 56.1 Å². The van der Waals surface area contributed by atoms with Gasteiger partial charge in [0.2, 0.25) is 0 Å². The summed E-state index contributed by atoms with van der Waals surface area (Å²) < 4.78 is 0. The number of aromatic hydroxyl groups is 1. The first-order valence-electron chi connectivity index (χ1n) is 3.55. The van der Waals surface area contributed by atoms with E-state index in [0.717, 1.165) is 5.56 Å². The molecule has 1 aromatic rings. The van der Waals surface area contributed by atoms with Crippen molar-refractivity contribution in [1.29, 1.82) is 0 Å². The molecule has 0 heterocycles. The van der Waals surface area contributed by atoms with Gasteiger partial charge in [0.15, 0.2) is 0 Å². The second kappa shape index (κ2) is 9.50. The van der Waals surface area contributed by atoms with Crippen LogP contribution in [0.1, 0.15) is 5.56 Å². The molecule has 0 bridgehead atoms. The van der Waals surface area contributed by atoms with E-state index in [1.807, 2.05) is 25.1 Å². The largest absolute Gasteiger partial charge is 0.508 e. The van der Waals surface area contributed by atoms with Gasteiger partial charge in [0.05, 0.1) is 0 Å². The number of hydrogen-bond donors (Lipinski definition) is 1. The molecule has 1 heteroatoms. The maximum absolute atomic E-state index is 8.92. The summed E-state index contributed by atoms with van der Waals surface area (Å²) in [5, 5.41) is 8.92. The summed E-state index contributed by atoms with van der Waals surface area (Å²) in [6.07, 6.45) is 0. The van der Waals surface area contributed by atoms with Gasteiger partial charge in [0.25, 0.3) is 0 Å². The van der Waals surface area contributed by atoms with Crippen molar-refractivity contribution in [2.24, 2.45) is 0 Å². The van der Waals surface area contributed by atoms with E-state index in [1.54, 1.807) is 6.07 Å². The lowest BCUT2D eigenvalue weighted by atomic mass is 10.2. The molecular formula is C11H16O. The van der Waals surface area contributed by atoms with Crippen LogP contribution >= 0.6 is 0 Å². The van der Waals surface area contributed by atoms with Crippen molar-refractivity contribution >= 4 is 0 Å². The highest BCUT2D eigenvalue weighted by Gasteiger charge is 1.86. The predicted molar refractivity (Wildman–Crippen MR) is 55.4 cm³/mol. The summed E-state index contributed by atoms with van der Waals surface area (Å²) in [7, 11) is 0. The van der Waals surface area contributed by atoms with Gasteiger partial charge in [-0.05, 0) is 18.6 Å². The molecule has 0 spiro atoms. The minimum atomic E-state index is 0.368. The summed E-state index contributed by atoms with van der Waals surface area (Å²) in [5.41, 5.74) is 0.924. The summed E-state index contributed by atoms with van der Waals surface area (Å²) in [5.74, 6) is 0.368. The van der Waals surface area contributed by atoms with Crippen LogP contribution in [0.25, 0.3) is 0 Å². The molecule has 0 saturated heterocycles. The molecule has 0 aliphatic carbocycles. The number of hydrogen-bond acceptors (Lipinski definition) is 1. The molecule has 1 aromatic carbocycles. The smallest absolute Gasteiger partial charge is 0.118 e. The monoisotopic (exact) mass is 164 g/mol. The van der Waals surface area contributed by atoms with Crippen LogP contribution in [0.15, 0.2) is 50.6 Å². The summed E-state index contributed by atoms with van der Waals surface area (Å²) in [6.45, 7) is 13.9. The third kappa shape index (κ3) is 5.30. The van der Waals surface area contributed by atoms with Crippen LogP contribution < -0.4 is 0 Å². The van der Waals surface area contributed by atoms with Gasteiger partial charge in [-0.3, -0.25) is 0 Å². The van der Waals surface area contributed by atoms with Gasteiger partial charge in [0, 0.05) is 0 Å². The van der Waals surface area contributed by atoms with Gasteiger partial charge in [-0.25, -0.2) is 0 Å². The molecule has 1 nitrogen and oxygen atoms in total. The molecule has 0 saturated carbocycles. The van der Waals surface area contributed by atoms with E-state index >= 15 is 0 Å². The highest BCUT2D eigenvalue weighted by Crippen LogP contribution is 2.12. The number of phenolic OH excluding ortho intramolecular Hbond substituents is 1. The number of benzene rings is 1. The molecule has 0 aliphatic rings. The third-order valence-corrected chi connectivity index (χ3v) is 1.12. The second-order valence-electron chi connectivity index (χ2n) is 1.79. The van der Waals surface area contributed by atoms with Gasteiger partial charge in [-0.1, -0.05) is 18.2 Å². The Kier molecular flexibility index (Phi) is 10.4. The van der Waals surface area contributed by atoms with Crippen molar-refractivity contribution in [2.45, 2.75) is 6.92 Å². The van der Waals surface area contributed by atoms with Crippen LogP contribution in [0.5, 0.6) is 5.75 Å². The Morgan fingerprint density at radius 1 is 1.00 bits per heavy atom. The molecule has 0 radical (unpaired) electrons. The van der Waals surface area contributed by atoms with E-state index in [0.29, 0.717) is 5.75 Å². The van der Waals surface area contributed by atoms with Crippen molar-refractivity contribution in [2.75, 3.05) is 0 Å². The molecule has 0 atom stereocenters. The molecule has 0 aromatic heterocycles. The van der Waals surface area contributed by atoms with Gasteiger partial charge in [0.1, 0.15) is 5.75 Å². The number of aryl methyl sites for hydroxylation is 1. The standard InChI is InChI=1S/C7H8O.2C2H4/c1-6-4-2-3-5-7(6)8;2*1-2/h2-5,8H,1H3;2*1-2H2. The Morgan fingerprint density at radius 3 is 1.67 bits per heavy atom. The van der Waals surface area contributed by atoms with Gasteiger partial charge >= 0.3 is 0 Å². The van der Waals surface area contributed by atoms with E-state index in [-0.39, 0.29) is 0 Å². The van der Waals surface area contributed by atoms with Gasteiger partial charge < -0.3 is 5.11 Å². The molecule has 1 N–H and O–H groups in total. The first-order valence-corrected chi connectivity index (χ1v) is 3.55. The summed E-state index contributed by atoms with van der Waals surface area (Å²) in [4.78, 5) is 0. The van der Waals surface area contributed by atoms with E-state index in [2.05, 4.69) is 26.3 Å². The first-order chi connectivity index (χ1) is 5.80. The number of phenols is 1. The minimum absolute atomic E-state index is 0.368. The normalized spacial score (nSPS) is 6.75. The lowest BCUT2D eigenvalue weighted by Gasteiger charge is -1.92. The molecule has 1 rings (SSSR count). The van der Waals surface area contributed by atoms with Gasteiger partial charge in [-0.2, -0.15) is 0 Å². The van der Waals surface area contributed by atoms with Crippen LogP contribution in [0.3, 0.4) is 0 Å². The zero-order chi connectivity index (χ0) is 9.98. The maximum Gasteiger partial charge on any atom is 0.118 e. The Labute approximate surface area is 74.7 Å². The first kappa shape index (κ1) is 13.1. The van der Waals surface area contributed by atoms with Crippen molar-refractivity contribution in [3.63, 3.8) is 0 Å². The van der Waals surface area contributed by atoms with E-state index in [4.69, 9.17) is 5.11 Å². The fourth-order valence-electron chi connectivity index (χ4n) is 0.563. The lowest BCUT2D eigenvalue weighted by molar-refractivity contribution is 0.471. The molecule has 0 aliphatic heterocycles. The van der Waals surface area contributed by atoms with Gasteiger partial charge in [-0.15, -0.1) is 26.3 Å². The zero-order valence-corrected chi connectivity index (χ0v) is 7.59. The van der Waals surface area contributed by atoms with Crippen LogP contribution in [-0.4, -0.2) is 5.11 Å². The minimum Gasteiger partial charge on any atom is -0.508 e. The molecule has 0 unspecified atom stereocenters. The Morgan fingerprint density at radius 2 is 1.42 bits per heavy atom. The Balaban J connectivity index is 0. The van der Waals surface area contributed by atoms with Crippen LogP contribution in [0.4, 0.5) is 0 Å². The predicted octanol–water partition coefficient (Wildman–Crippen LogP) is 3.31.